The number of nitrogens with zero attached hydrogens (tertiary/aromatic N) is 5. The lowest BCUT2D eigenvalue weighted by Gasteiger charge is -2.34. The molecule has 0 unspecified atom stereocenters. The van der Waals surface area contributed by atoms with Gasteiger partial charge in [-0.3, -0.25) is 0 Å². The number of amides is 1. The van der Waals surface area contributed by atoms with E-state index >= 15 is 0 Å². The fourth-order valence-corrected chi connectivity index (χ4v) is 2.43. The molecule has 1 aliphatic heterocycles. The molecular weight excluding hydrogens is 296 g/mol. The van der Waals surface area contributed by atoms with E-state index in [-0.39, 0.29) is 6.09 Å². The van der Waals surface area contributed by atoms with Crippen molar-refractivity contribution in [2.24, 2.45) is 0 Å². The van der Waals surface area contributed by atoms with Crippen LogP contribution in [0.2, 0.25) is 0 Å². The van der Waals surface area contributed by atoms with Crippen molar-refractivity contribution in [2.45, 2.75) is 33.1 Å². The average Bonchev–Trinajstić information content (AvgIpc) is 2.59. The number of hydrogen-bond acceptors (Lipinski definition) is 7. The topological polar surface area (TPSA) is 83.5 Å². The number of carbonyl (C=O) groups excluding carboxylic acids is 1. The smallest absolute Gasteiger partial charge is 0.409 e. The van der Waals surface area contributed by atoms with E-state index in [0.29, 0.717) is 38.7 Å². The molecule has 0 aromatic carbocycles. The molecule has 0 aliphatic carbocycles. The summed E-state index contributed by atoms with van der Waals surface area (Å²) in [6.07, 6.45) is 4.90. The van der Waals surface area contributed by atoms with E-state index in [0.717, 1.165) is 18.8 Å². The summed E-state index contributed by atoms with van der Waals surface area (Å²) in [5, 5.41) is 11.2. The van der Waals surface area contributed by atoms with Gasteiger partial charge in [0.15, 0.2) is 5.82 Å². The Morgan fingerprint density at radius 3 is 2.74 bits per heavy atom. The first kappa shape index (κ1) is 17.2. The molecule has 0 radical (unpaired) electrons. The van der Waals surface area contributed by atoms with Gasteiger partial charge in [0, 0.05) is 32.7 Å². The Morgan fingerprint density at radius 2 is 2.04 bits per heavy atom. The predicted octanol–water partition coefficient (Wildman–Crippen LogP) is 1.75. The van der Waals surface area contributed by atoms with Crippen molar-refractivity contribution < 1.29 is 9.53 Å². The third-order valence-electron chi connectivity index (χ3n) is 3.74. The third-order valence-corrected chi connectivity index (χ3v) is 3.74. The van der Waals surface area contributed by atoms with Crippen LogP contribution >= 0.6 is 0 Å². The lowest BCUT2D eigenvalue weighted by molar-refractivity contribution is 0.105. The monoisotopic (exact) mass is 322 g/mol. The first-order chi connectivity index (χ1) is 11.2. The summed E-state index contributed by atoms with van der Waals surface area (Å²) >= 11 is 0. The molecule has 0 bridgehead atoms. The second kappa shape index (κ2) is 9.12. The van der Waals surface area contributed by atoms with Crippen molar-refractivity contribution >= 4 is 17.9 Å². The van der Waals surface area contributed by atoms with Crippen LogP contribution in [0.3, 0.4) is 0 Å². The zero-order valence-electron chi connectivity index (χ0n) is 14.0. The molecule has 128 valence electrons. The predicted molar refractivity (Wildman–Crippen MR) is 88.6 cm³/mol. The number of unbranched alkanes of at least 4 members (excludes halogenated alkanes) is 2. The second-order valence-electron chi connectivity index (χ2n) is 5.45. The van der Waals surface area contributed by atoms with Gasteiger partial charge >= 0.3 is 6.09 Å². The highest BCUT2D eigenvalue weighted by Crippen LogP contribution is 2.14. The summed E-state index contributed by atoms with van der Waals surface area (Å²) in [7, 11) is 0. The summed E-state index contributed by atoms with van der Waals surface area (Å²) in [5.74, 6) is 1.35. The van der Waals surface area contributed by atoms with Crippen molar-refractivity contribution in [3.05, 3.63) is 6.20 Å². The number of carbonyl (C=O) groups is 1. The molecule has 8 nitrogen and oxygen atoms in total. The molecule has 2 rings (SSSR count). The largest absolute Gasteiger partial charge is 0.450 e. The minimum Gasteiger partial charge on any atom is -0.450 e. The Labute approximate surface area is 137 Å². The molecular formula is C15H26N6O2. The summed E-state index contributed by atoms with van der Waals surface area (Å²) in [4.78, 5) is 20.0. The van der Waals surface area contributed by atoms with E-state index in [1.54, 1.807) is 11.1 Å². The quantitative estimate of drug-likeness (QED) is 0.766. The van der Waals surface area contributed by atoms with E-state index in [9.17, 15) is 4.79 Å². The van der Waals surface area contributed by atoms with Crippen LogP contribution in [-0.2, 0) is 4.74 Å². The van der Waals surface area contributed by atoms with E-state index in [1.165, 1.54) is 12.8 Å². The Kier molecular flexibility index (Phi) is 6.83. The maximum atomic E-state index is 11.7. The number of piperazine rings is 1. The summed E-state index contributed by atoms with van der Waals surface area (Å²) < 4.78 is 5.03. The maximum Gasteiger partial charge on any atom is 0.409 e. The first-order valence-corrected chi connectivity index (χ1v) is 8.34. The van der Waals surface area contributed by atoms with Gasteiger partial charge in [-0.1, -0.05) is 19.8 Å². The number of anilines is 2. The molecule has 1 saturated heterocycles. The minimum atomic E-state index is -0.244. The molecule has 23 heavy (non-hydrogen) atoms. The highest BCUT2D eigenvalue weighted by Gasteiger charge is 2.23. The summed E-state index contributed by atoms with van der Waals surface area (Å²) in [6.45, 7) is 7.94. The molecule has 8 heteroatoms. The van der Waals surface area contributed by atoms with Crippen LogP contribution in [0.5, 0.6) is 0 Å². The highest BCUT2D eigenvalue weighted by atomic mass is 16.6. The molecule has 0 spiro atoms. The number of ether oxygens (including phenoxy) is 1. The SMILES string of the molecule is CCCCCNc1nncc(N2CCN(C(=O)OCC)CC2)n1. The van der Waals surface area contributed by atoms with E-state index in [2.05, 4.69) is 32.3 Å². The van der Waals surface area contributed by atoms with Crippen LogP contribution < -0.4 is 10.2 Å². The molecule has 2 heterocycles. The molecule has 0 atom stereocenters. The van der Waals surface area contributed by atoms with Crippen LogP contribution in [0.4, 0.5) is 16.6 Å². The van der Waals surface area contributed by atoms with Crippen molar-refractivity contribution in [3.8, 4) is 0 Å². The fourth-order valence-electron chi connectivity index (χ4n) is 2.43. The number of hydrogen-bond donors (Lipinski definition) is 1. The van der Waals surface area contributed by atoms with E-state index in [1.807, 2.05) is 6.92 Å². The van der Waals surface area contributed by atoms with Crippen molar-refractivity contribution in [1.82, 2.24) is 20.1 Å². The summed E-state index contributed by atoms with van der Waals surface area (Å²) in [6, 6.07) is 0. The lowest BCUT2D eigenvalue weighted by atomic mass is 10.2. The average molecular weight is 322 g/mol. The minimum absolute atomic E-state index is 0.244. The van der Waals surface area contributed by atoms with Gasteiger partial charge in [0.1, 0.15) is 0 Å². The molecule has 1 fully saturated rings. The number of aromatic nitrogens is 3. The van der Waals surface area contributed by atoms with Gasteiger partial charge in [-0.25, -0.2) is 4.79 Å². The zero-order chi connectivity index (χ0) is 16.5. The lowest BCUT2D eigenvalue weighted by Crippen LogP contribution is -2.49. The molecule has 1 aliphatic rings. The normalized spacial score (nSPS) is 14.7. The zero-order valence-corrected chi connectivity index (χ0v) is 14.0. The Morgan fingerprint density at radius 1 is 1.26 bits per heavy atom. The van der Waals surface area contributed by atoms with Gasteiger partial charge in [0.05, 0.1) is 12.8 Å². The number of rotatable bonds is 7. The van der Waals surface area contributed by atoms with Crippen molar-refractivity contribution in [2.75, 3.05) is 49.5 Å². The fraction of sp³-hybridized carbons (Fsp3) is 0.733. The Balaban J connectivity index is 1.84. The summed E-state index contributed by atoms with van der Waals surface area (Å²) in [5.41, 5.74) is 0. The molecule has 1 N–H and O–H groups in total. The highest BCUT2D eigenvalue weighted by molar-refractivity contribution is 5.68. The Bertz CT molecular complexity index is 491. The van der Waals surface area contributed by atoms with Crippen LogP contribution in [0, 0.1) is 0 Å². The van der Waals surface area contributed by atoms with Crippen LogP contribution in [0.25, 0.3) is 0 Å². The molecule has 1 amide bonds. The van der Waals surface area contributed by atoms with Gasteiger partial charge in [-0.05, 0) is 13.3 Å². The number of nitrogens with one attached hydrogen (secondary N) is 1. The third kappa shape index (κ3) is 5.22. The van der Waals surface area contributed by atoms with Crippen LogP contribution in [-0.4, -0.2) is 65.5 Å². The van der Waals surface area contributed by atoms with Gasteiger partial charge in [-0.15, -0.1) is 5.10 Å². The standard InChI is InChI=1S/C15H26N6O2/c1-3-5-6-7-16-14-18-13(12-17-19-14)20-8-10-21(11-9-20)15(22)23-4-2/h12H,3-11H2,1-2H3,(H,16,18,19). The maximum absolute atomic E-state index is 11.7. The second-order valence-corrected chi connectivity index (χ2v) is 5.45. The Hall–Kier alpha value is -2.12. The van der Waals surface area contributed by atoms with Gasteiger partial charge in [0.2, 0.25) is 5.95 Å². The van der Waals surface area contributed by atoms with Crippen molar-refractivity contribution in [1.29, 1.82) is 0 Å². The van der Waals surface area contributed by atoms with Crippen LogP contribution in [0.1, 0.15) is 33.1 Å². The van der Waals surface area contributed by atoms with Crippen LogP contribution in [0.15, 0.2) is 6.20 Å². The first-order valence-electron chi connectivity index (χ1n) is 8.34. The van der Waals surface area contributed by atoms with E-state index in [4.69, 9.17) is 4.74 Å². The molecule has 1 aromatic rings. The molecule has 0 saturated carbocycles. The van der Waals surface area contributed by atoms with Crippen molar-refractivity contribution in [3.63, 3.8) is 0 Å². The van der Waals surface area contributed by atoms with Gasteiger partial charge < -0.3 is 19.9 Å². The van der Waals surface area contributed by atoms with Gasteiger partial charge in [0.25, 0.3) is 0 Å². The van der Waals surface area contributed by atoms with Gasteiger partial charge in [-0.2, -0.15) is 10.1 Å². The van der Waals surface area contributed by atoms with E-state index < -0.39 is 0 Å². The molecule has 1 aromatic heterocycles.